The molecule has 0 aromatic carbocycles. The van der Waals surface area contributed by atoms with Crippen molar-refractivity contribution in [1.82, 2.24) is 15.2 Å². The van der Waals surface area contributed by atoms with E-state index >= 15 is 0 Å². The number of pyridine rings is 1. The van der Waals surface area contributed by atoms with Crippen LogP contribution in [0.2, 0.25) is 0 Å². The average molecular weight is 382 g/mol. The van der Waals surface area contributed by atoms with Crippen LogP contribution in [-0.4, -0.2) is 43.6 Å². The van der Waals surface area contributed by atoms with Crippen LogP contribution in [0.15, 0.2) is 12.3 Å². The Labute approximate surface area is 152 Å². The molecule has 3 heterocycles. The number of hydrogen-bond acceptors (Lipinski definition) is 7. The predicted molar refractivity (Wildman–Crippen MR) is 88.4 cm³/mol. The van der Waals surface area contributed by atoms with Gasteiger partial charge in [0.1, 0.15) is 11.4 Å². The largest absolute Gasteiger partial charge is 0.506 e. The first kappa shape index (κ1) is 17.8. The van der Waals surface area contributed by atoms with Gasteiger partial charge in [-0.15, -0.1) is 10.2 Å². The molecule has 2 aliphatic rings. The number of rotatable bonds is 3. The highest BCUT2D eigenvalue weighted by Crippen LogP contribution is 2.42. The van der Waals surface area contributed by atoms with Crippen molar-refractivity contribution in [2.75, 3.05) is 11.9 Å². The summed E-state index contributed by atoms with van der Waals surface area (Å²) in [5.41, 5.74) is -1.04. The van der Waals surface area contributed by atoms with Gasteiger partial charge >= 0.3 is 6.18 Å². The average Bonchev–Trinajstić information content (AvgIpc) is 3.03. The molecule has 3 N–H and O–H groups in total. The van der Waals surface area contributed by atoms with E-state index in [-0.39, 0.29) is 17.4 Å². The molecule has 144 valence electrons. The summed E-state index contributed by atoms with van der Waals surface area (Å²) in [6, 6.07) is 0.663. The van der Waals surface area contributed by atoms with Crippen LogP contribution in [0.5, 0.6) is 11.5 Å². The van der Waals surface area contributed by atoms with Crippen molar-refractivity contribution in [2.45, 2.75) is 44.0 Å². The van der Waals surface area contributed by atoms with Gasteiger partial charge in [0, 0.05) is 24.2 Å². The Bertz CT molecular complexity index is 894. The third-order valence-electron chi connectivity index (χ3n) is 4.76. The zero-order valence-corrected chi connectivity index (χ0v) is 14.3. The molecule has 27 heavy (non-hydrogen) atoms. The normalized spacial score (nSPS) is 24.1. The summed E-state index contributed by atoms with van der Waals surface area (Å²) < 4.78 is 43.9. The molecule has 4 rings (SSSR count). The number of hydrogen-bond donors (Lipinski definition) is 3. The Morgan fingerprint density at radius 1 is 1.26 bits per heavy atom. The number of halogens is 3. The zero-order valence-electron chi connectivity index (χ0n) is 14.3. The van der Waals surface area contributed by atoms with Crippen LogP contribution in [0.3, 0.4) is 0 Å². The molecule has 0 radical (unpaired) electrons. The monoisotopic (exact) mass is 382 g/mol. The third kappa shape index (κ3) is 3.25. The molecule has 0 spiro atoms. The van der Waals surface area contributed by atoms with Crippen molar-refractivity contribution in [3.63, 3.8) is 0 Å². The molecule has 1 aliphatic carbocycles. The summed E-state index contributed by atoms with van der Waals surface area (Å²) in [6.45, 7) is 2.13. The maximum absolute atomic E-state index is 12.8. The van der Waals surface area contributed by atoms with Crippen molar-refractivity contribution in [1.29, 1.82) is 0 Å². The molecule has 10 heteroatoms. The van der Waals surface area contributed by atoms with E-state index < -0.39 is 23.1 Å². The van der Waals surface area contributed by atoms with Crippen LogP contribution in [0, 0.1) is 0 Å². The molecule has 0 amide bonds. The lowest BCUT2D eigenvalue weighted by atomic mass is 9.77. The van der Waals surface area contributed by atoms with E-state index in [0.717, 1.165) is 5.56 Å². The van der Waals surface area contributed by atoms with Crippen LogP contribution in [0.4, 0.5) is 19.0 Å². The SMILES string of the molecule is CC1(O)CC(Nc2nnc(-c3ncc(C(F)(F)F)cc3O)c3c2CCO3)C1. The molecule has 1 aliphatic heterocycles. The van der Waals surface area contributed by atoms with Crippen LogP contribution in [0.25, 0.3) is 11.4 Å². The molecule has 1 saturated carbocycles. The molecule has 2 aromatic rings. The summed E-state index contributed by atoms with van der Waals surface area (Å²) in [7, 11) is 0. The summed E-state index contributed by atoms with van der Waals surface area (Å²) in [6.07, 6.45) is -2.27. The molecule has 0 saturated heterocycles. The minimum Gasteiger partial charge on any atom is -0.506 e. The van der Waals surface area contributed by atoms with Gasteiger partial charge in [-0.05, 0) is 25.8 Å². The van der Waals surface area contributed by atoms with Crippen molar-refractivity contribution in [2.24, 2.45) is 0 Å². The van der Waals surface area contributed by atoms with E-state index in [1.807, 2.05) is 0 Å². The zero-order chi connectivity index (χ0) is 19.4. The standard InChI is InChI=1S/C17H17F3N4O3/c1-16(26)5-9(6-16)22-15-10-2-3-27-14(10)13(23-24-15)12-11(25)4-8(7-21-12)17(18,19)20/h4,7,9,25-26H,2-3,5-6H2,1H3,(H,22,24). The fraction of sp³-hybridized carbons (Fsp3) is 0.471. The Morgan fingerprint density at radius 2 is 2.00 bits per heavy atom. The van der Waals surface area contributed by atoms with Gasteiger partial charge in [0.15, 0.2) is 17.3 Å². The van der Waals surface area contributed by atoms with Gasteiger partial charge < -0.3 is 20.3 Å². The summed E-state index contributed by atoms with van der Waals surface area (Å²) in [4.78, 5) is 3.72. The molecule has 0 bridgehead atoms. The fourth-order valence-corrected chi connectivity index (χ4v) is 3.46. The van der Waals surface area contributed by atoms with Crippen LogP contribution in [0.1, 0.15) is 30.9 Å². The van der Waals surface area contributed by atoms with Gasteiger partial charge in [-0.25, -0.2) is 4.98 Å². The Kier molecular flexibility index (Phi) is 3.91. The van der Waals surface area contributed by atoms with Gasteiger partial charge in [0.05, 0.1) is 17.8 Å². The number of ether oxygens (including phenoxy) is 1. The second kappa shape index (κ2) is 5.95. The van der Waals surface area contributed by atoms with Crippen LogP contribution < -0.4 is 10.1 Å². The van der Waals surface area contributed by atoms with Crippen molar-refractivity contribution in [3.8, 4) is 22.9 Å². The quantitative estimate of drug-likeness (QED) is 0.750. The number of nitrogens with zero attached hydrogens (tertiary/aromatic N) is 3. The van der Waals surface area contributed by atoms with Crippen LogP contribution in [-0.2, 0) is 12.6 Å². The first-order chi connectivity index (χ1) is 12.6. The van der Waals surface area contributed by atoms with Crippen molar-refractivity contribution < 1.29 is 28.1 Å². The van der Waals surface area contributed by atoms with E-state index in [9.17, 15) is 23.4 Å². The van der Waals surface area contributed by atoms with Crippen molar-refractivity contribution >= 4 is 5.82 Å². The van der Waals surface area contributed by atoms with Crippen molar-refractivity contribution in [3.05, 3.63) is 23.4 Å². The van der Waals surface area contributed by atoms with E-state index in [4.69, 9.17) is 4.74 Å². The second-order valence-corrected chi connectivity index (χ2v) is 7.14. The summed E-state index contributed by atoms with van der Waals surface area (Å²) in [5, 5.41) is 31.2. The van der Waals surface area contributed by atoms with Gasteiger partial charge in [0.2, 0.25) is 0 Å². The topological polar surface area (TPSA) is 100 Å². The Hall–Kier alpha value is -2.62. The summed E-state index contributed by atoms with van der Waals surface area (Å²) >= 11 is 0. The fourth-order valence-electron chi connectivity index (χ4n) is 3.46. The number of aromatic hydroxyl groups is 1. The molecule has 0 atom stereocenters. The number of anilines is 1. The summed E-state index contributed by atoms with van der Waals surface area (Å²) in [5.74, 6) is 0.215. The lowest BCUT2D eigenvalue weighted by Gasteiger charge is -2.41. The molecular formula is C17H17F3N4O3. The van der Waals surface area contributed by atoms with Gasteiger partial charge in [-0.3, -0.25) is 0 Å². The highest BCUT2D eigenvalue weighted by Gasteiger charge is 2.39. The highest BCUT2D eigenvalue weighted by molar-refractivity contribution is 5.73. The number of alkyl halides is 3. The van der Waals surface area contributed by atoms with E-state index in [1.54, 1.807) is 6.92 Å². The Balaban J connectivity index is 1.66. The highest BCUT2D eigenvalue weighted by atomic mass is 19.4. The maximum Gasteiger partial charge on any atom is 0.418 e. The van der Waals surface area contributed by atoms with E-state index in [0.29, 0.717) is 49.7 Å². The number of fused-ring (bicyclic) bond motifs is 1. The smallest absolute Gasteiger partial charge is 0.418 e. The minimum atomic E-state index is -4.61. The predicted octanol–water partition coefficient (Wildman–Crippen LogP) is 2.52. The van der Waals surface area contributed by atoms with Gasteiger partial charge in [-0.2, -0.15) is 13.2 Å². The molecule has 0 unspecified atom stereocenters. The Morgan fingerprint density at radius 3 is 2.63 bits per heavy atom. The molecule has 7 nitrogen and oxygen atoms in total. The lowest BCUT2D eigenvalue weighted by molar-refractivity contribution is -0.137. The van der Waals surface area contributed by atoms with Crippen LogP contribution >= 0.6 is 0 Å². The second-order valence-electron chi connectivity index (χ2n) is 7.14. The number of aliphatic hydroxyl groups is 1. The minimum absolute atomic E-state index is 0.0578. The molecular weight excluding hydrogens is 365 g/mol. The molecule has 2 aromatic heterocycles. The van der Waals surface area contributed by atoms with Gasteiger partial charge in [0.25, 0.3) is 0 Å². The third-order valence-corrected chi connectivity index (χ3v) is 4.76. The first-order valence-electron chi connectivity index (χ1n) is 8.42. The number of nitrogens with one attached hydrogen (secondary N) is 1. The van der Waals surface area contributed by atoms with Gasteiger partial charge in [-0.1, -0.05) is 0 Å². The maximum atomic E-state index is 12.8. The lowest BCUT2D eigenvalue weighted by Crippen LogP contribution is -2.48. The first-order valence-corrected chi connectivity index (χ1v) is 8.42. The van der Waals surface area contributed by atoms with E-state index in [1.165, 1.54) is 0 Å². The van der Waals surface area contributed by atoms with E-state index in [2.05, 4.69) is 20.5 Å². The molecule has 1 fully saturated rings. The number of aromatic nitrogens is 3.